The Morgan fingerprint density at radius 1 is 0.885 bits per heavy atom. The van der Waals surface area contributed by atoms with E-state index in [2.05, 4.69) is 19.7 Å². The Balaban J connectivity index is 1.35. The maximum atomic E-state index is 12.6. The van der Waals surface area contributed by atoms with Crippen molar-refractivity contribution in [3.05, 3.63) is 47.5 Å². The molecule has 26 heavy (non-hydrogen) atoms. The van der Waals surface area contributed by atoms with Gasteiger partial charge in [0, 0.05) is 44.7 Å². The summed E-state index contributed by atoms with van der Waals surface area (Å²) >= 11 is 0. The zero-order chi connectivity index (χ0) is 17.8. The molecule has 0 unspecified atom stereocenters. The van der Waals surface area contributed by atoms with Crippen LogP contribution in [0.2, 0.25) is 0 Å². The van der Waals surface area contributed by atoms with Crippen molar-refractivity contribution in [2.75, 3.05) is 26.2 Å². The molecule has 1 amide bonds. The Hall–Kier alpha value is -2.21. The Bertz CT molecular complexity index is 734. The van der Waals surface area contributed by atoms with E-state index in [1.807, 2.05) is 35.2 Å². The summed E-state index contributed by atoms with van der Waals surface area (Å²) in [6, 6.07) is 9.56. The molecule has 0 N–H and O–H groups in total. The lowest BCUT2D eigenvalue weighted by Gasteiger charge is -2.34. The van der Waals surface area contributed by atoms with Crippen molar-refractivity contribution in [3.8, 4) is 0 Å². The van der Waals surface area contributed by atoms with Gasteiger partial charge in [-0.2, -0.15) is 0 Å². The molecule has 4 rings (SSSR count). The molecule has 1 aromatic heterocycles. The fourth-order valence-electron chi connectivity index (χ4n) is 3.91. The third kappa shape index (κ3) is 3.80. The number of benzene rings is 1. The van der Waals surface area contributed by atoms with E-state index in [1.165, 1.54) is 25.7 Å². The highest BCUT2D eigenvalue weighted by Crippen LogP contribution is 2.16. The van der Waals surface area contributed by atoms with E-state index in [1.54, 1.807) is 0 Å². The van der Waals surface area contributed by atoms with Crippen LogP contribution in [0.5, 0.6) is 0 Å². The van der Waals surface area contributed by atoms with Crippen LogP contribution in [0.3, 0.4) is 0 Å². The van der Waals surface area contributed by atoms with Crippen molar-refractivity contribution in [3.63, 3.8) is 0 Å². The number of hydrogen-bond acceptors (Lipinski definition) is 4. The number of fused-ring (bicyclic) bond motifs is 1. The van der Waals surface area contributed by atoms with Crippen molar-refractivity contribution < 1.29 is 4.79 Å². The van der Waals surface area contributed by atoms with E-state index in [-0.39, 0.29) is 5.91 Å². The summed E-state index contributed by atoms with van der Waals surface area (Å²) in [5.74, 6) is 2.38. The molecule has 0 radical (unpaired) electrons. The first-order chi connectivity index (χ1) is 12.8. The number of carbonyl (C=O) groups excluding carboxylic acids is 1. The van der Waals surface area contributed by atoms with Crippen molar-refractivity contribution in [1.29, 1.82) is 0 Å². The van der Waals surface area contributed by atoms with Gasteiger partial charge in [-0.25, -0.2) is 0 Å². The molecule has 2 aromatic rings. The van der Waals surface area contributed by atoms with Gasteiger partial charge >= 0.3 is 0 Å². The van der Waals surface area contributed by atoms with Crippen molar-refractivity contribution in [2.45, 2.75) is 45.2 Å². The number of rotatable bonds is 3. The second-order valence-corrected chi connectivity index (χ2v) is 7.28. The molecule has 3 heterocycles. The van der Waals surface area contributed by atoms with Gasteiger partial charge < -0.3 is 9.47 Å². The Morgan fingerprint density at radius 2 is 1.65 bits per heavy atom. The minimum atomic E-state index is 0.137. The summed E-state index contributed by atoms with van der Waals surface area (Å²) in [4.78, 5) is 16.9. The number of piperazine rings is 1. The van der Waals surface area contributed by atoms with Gasteiger partial charge in [-0.05, 0) is 25.0 Å². The standard InChI is InChI=1S/C20H27N5O/c26-20(17-8-4-3-5-9-17)24-14-12-23(13-15-24)16-19-22-21-18-10-6-1-2-7-11-25(18)19/h3-5,8-9H,1-2,6-7,10-16H2. The van der Waals surface area contributed by atoms with Gasteiger partial charge in [0.05, 0.1) is 6.54 Å². The summed E-state index contributed by atoms with van der Waals surface area (Å²) < 4.78 is 2.33. The minimum absolute atomic E-state index is 0.137. The van der Waals surface area contributed by atoms with Crippen LogP contribution in [-0.4, -0.2) is 56.7 Å². The zero-order valence-corrected chi connectivity index (χ0v) is 15.3. The van der Waals surface area contributed by atoms with E-state index < -0.39 is 0 Å². The first-order valence-electron chi connectivity index (χ1n) is 9.79. The van der Waals surface area contributed by atoms with Gasteiger partial charge in [0.2, 0.25) is 0 Å². The zero-order valence-electron chi connectivity index (χ0n) is 15.3. The smallest absolute Gasteiger partial charge is 0.253 e. The molecule has 0 saturated carbocycles. The topological polar surface area (TPSA) is 54.3 Å². The summed E-state index contributed by atoms with van der Waals surface area (Å²) in [7, 11) is 0. The summed E-state index contributed by atoms with van der Waals surface area (Å²) in [5, 5.41) is 8.90. The largest absolute Gasteiger partial charge is 0.336 e. The number of amides is 1. The molecule has 1 saturated heterocycles. The minimum Gasteiger partial charge on any atom is -0.336 e. The van der Waals surface area contributed by atoms with Crippen LogP contribution in [0.15, 0.2) is 30.3 Å². The van der Waals surface area contributed by atoms with Crippen LogP contribution >= 0.6 is 0 Å². The lowest BCUT2D eigenvalue weighted by Crippen LogP contribution is -2.48. The average Bonchev–Trinajstić information content (AvgIpc) is 3.02. The lowest BCUT2D eigenvalue weighted by atomic mass is 10.1. The van der Waals surface area contributed by atoms with E-state index >= 15 is 0 Å². The molecule has 2 aliphatic rings. The third-order valence-corrected chi connectivity index (χ3v) is 5.48. The van der Waals surface area contributed by atoms with E-state index in [0.29, 0.717) is 0 Å². The van der Waals surface area contributed by atoms with E-state index in [9.17, 15) is 4.79 Å². The van der Waals surface area contributed by atoms with Gasteiger partial charge in [-0.1, -0.05) is 31.0 Å². The first kappa shape index (κ1) is 17.2. The summed E-state index contributed by atoms with van der Waals surface area (Å²) in [6.45, 7) is 5.20. The number of hydrogen-bond donors (Lipinski definition) is 0. The fourth-order valence-corrected chi connectivity index (χ4v) is 3.91. The molecular weight excluding hydrogens is 326 g/mol. The molecule has 0 bridgehead atoms. The Morgan fingerprint density at radius 3 is 2.46 bits per heavy atom. The van der Waals surface area contributed by atoms with Crippen molar-refractivity contribution in [2.24, 2.45) is 0 Å². The summed E-state index contributed by atoms with van der Waals surface area (Å²) in [5.41, 5.74) is 0.778. The normalized spacial score (nSPS) is 18.8. The second-order valence-electron chi connectivity index (χ2n) is 7.28. The molecule has 6 heteroatoms. The molecule has 138 valence electrons. The Kier molecular flexibility index (Phi) is 5.29. The number of aromatic nitrogens is 3. The lowest BCUT2D eigenvalue weighted by molar-refractivity contribution is 0.0623. The van der Waals surface area contributed by atoms with Crippen LogP contribution in [0.25, 0.3) is 0 Å². The number of carbonyl (C=O) groups is 1. The molecule has 0 spiro atoms. The highest BCUT2D eigenvalue weighted by Gasteiger charge is 2.24. The number of nitrogens with zero attached hydrogens (tertiary/aromatic N) is 5. The predicted molar refractivity (Wildman–Crippen MR) is 99.8 cm³/mol. The van der Waals surface area contributed by atoms with Crippen molar-refractivity contribution >= 4 is 5.91 Å². The predicted octanol–water partition coefficient (Wildman–Crippen LogP) is 2.35. The monoisotopic (exact) mass is 353 g/mol. The van der Waals surface area contributed by atoms with Crippen LogP contribution in [0.1, 0.15) is 47.7 Å². The van der Waals surface area contributed by atoms with Crippen LogP contribution in [0, 0.1) is 0 Å². The van der Waals surface area contributed by atoms with Gasteiger partial charge in [-0.15, -0.1) is 10.2 Å². The molecule has 1 aromatic carbocycles. The van der Waals surface area contributed by atoms with Crippen LogP contribution in [-0.2, 0) is 19.5 Å². The molecular formula is C20H27N5O. The highest BCUT2D eigenvalue weighted by molar-refractivity contribution is 5.94. The maximum Gasteiger partial charge on any atom is 0.253 e. The molecule has 6 nitrogen and oxygen atoms in total. The molecule has 0 aliphatic carbocycles. The molecule has 1 fully saturated rings. The molecule has 2 aliphatic heterocycles. The molecule has 0 atom stereocenters. The van der Waals surface area contributed by atoms with Crippen molar-refractivity contribution in [1.82, 2.24) is 24.6 Å². The van der Waals surface area contributed by atoms with Gasteiger partial charge in [0.1, 0.15) is 11.6 Å². The van der Waals surface area contributed by atoms with Crippen LogP contribution < -0.4 is 0 Å². The van der Waals surface area contributed by atoms with E-state index in [0.717, 1.165) is 62.9 Å². The van der Waals surface area contributed by atoms with Crippen LogP contribution in [0.4, 0.5) is 0 Å². The SMILES string of the molecule is O=C(c1ccccc1)N1CCN(Cc2nnc3n2CCCCCC3)CC1. The highest BCUT2D eigenvalue weighted by atomic mass is 16.2. The quantitative estimate of drug-likeness (QED) is 0.850. The third-order valence-electron chi connectivity index (χ3n) is 5.48. The second kappa shape index (κ2) is 7.99. The van der Waals surface area contributed by atoms with Gasteiger partial charge in [0.25, 0.3) is 5.91 Å². The fraction of sp³-hybridized carbons (Fsp3) is 0.550. The number of aryl methyl sites for hydroxylation is 1. The summed E-state index contributed by atoms with van der Waals surface area (Å²) in [6.07, 6.45) is 6.10. The Labute approximate surface area is 154 Å². The van der Waals surface area contributed by atoms with E-state index in [4.69, 9.17) is 0 Å². The average molecular weight is 353 g/mol. The van der Waals surface area contributed by atoms with Gasteiger partial charge in [0.15, 0.2) is 0 Å². The van der Waals surface area contributed by atoms with Gasteiger partial charge in [-0.3, -0.25) is 9.69 Å². The first-order valence-corrected chi connectivity index (χ1v) is 9.79. The maximum absolute atomic E-state index is 12.6.